The Balaban J connectivity index is 2.19. The summed E-state index contributed by atoms with van der Waals surface area (Å²) in [6.07, 6.45) is 3.77. The third-order valence-electron chi connectivity index (χ3n) is 4.48. The topological polar surface area (TPSA) is 69.2 Å². The van der Waals surface area contributed by atoms with Crippen LogP contribution in [0.25, 0.3) is 0 Å². The maximum Gasteiger partial charge on any atom is 0.216 e. The van der Waals surface area contributed by atoms with E-state index in [0.29, 0.717) is 10.6 Å². The van der Waals surface area contributed by atoms with Gasteiger partial charge >= 0.3 is 0 Å². The number of aromatic nitrogens is 1. The fraction of sp³-hybridized carbons (Fsp3) is 0.263. The summed E-state index contributed by atoms with van der Waals surface area (Å²) >= 11 is 4.40. The van der Waals surface area contributed by atoms with E-state index in [2.05, 4.69) is 24.0 Å². The van der Waals surface area contributed by atoms with Crippen LogP contribution in [-0.2, 0) is 0 Å². The minimum atomic E-state index is -1.28. The van der Waals surface area contributed by atoms with E-state index in [1.807, 2.05) is 59.4 Å². The molecule has 25 heavy (non-hydrogen) atoms. The fourth-order valence-electron chi connectivity index (χ4n) is 3.35. The standard InChI is InChI=1S/C19H19N3O2S/c1-19(23)17(22-10-4-3-5-11-22)16(15(12-20)18(25)21-19)13-6-8-14(24-2)9-7-13/h3-11,16-17,21,23H,1-2H3/p+1/t16-,17-,19+/m1/s1. The zero-order valence-electron chi connectivity index (χ0n) is 14.0. The lowest BCUT2D eigenvalue weighted by molar-refractivity contribution is -0.741. The van der Waals surface area contributed by atoms with Crippen molar-refractivity contribution >= 4 is 12.6 Å². The number of rotatable bonds is 3. The van der Waals surface area contributed by atoms with Gasteiger partial charge in [-0.1, -0.05) is 18.2 Å². The molecule has 0 spiro atoms. The van der Waals surface area contributed by atoms with Crippen molar-refractivity contribution in [2.75, 3.05) is 7.11 Å². The van der Waals surface area contributed by atoms with Gasteiger partial charge in [0.1, 0.15) is 5.75 Å². The molecule has 3 rings (SSSR count). The van der Waals surface area contributed by atoms with Crippen LogP contribution in [0.5, 0.6) is 5.75 Å². The third kappa shape index (κ3) is 3.21. The molecule has 2 heterocycles. The van der Waals surface area contributed by atoms with Crippen molar-refractivity contribution in [2.24, 2.45) is 0 Å². The molecule has 0 fully saturated rings. The predicted molar refractivity (Wildman–Crippen MR) is 96.8 cm³/mol. The maximum absolute atomic E-state index is 11.1. The molecule has 6 heteroatoms. The van der Waals surface area contributed by atoms with E-state index in [4.69, 9.17) is 4.74 Å². The van der Waals surface area contributed by atoms with Gasteiger partial charge in [-0.2, -0.15) is 9.83 Å². The predicted octanol–water partition coefficient (Wildman–Crippen LogP) is 2.28. The highest BCUT2D eigenvalue weighted by Gasteiger charge is 2.51. The molecule has 5 nitrogen and oxygen atoms in total. The van der Waals surface area contributed by atoms with Gasteiger partial charge in [0.25, 0.3) is 0 Å². The summed E-state index contributed by atoms with van der Waals surface area (Å²) in [5.74, 6) is 0.383. The van der Waals surface area contributed by atoms with Crippen molar-refractivity contribution in [3.8, 4) is 11.8 Å². The Bertz CT molecular complexity index is 826. The Morgan fingerprint density at radius 2 is 1.88 bits per heavy atom. The van der Waals surface area contributed by atoms with Crippen molar-refractivity contribution < 1.29 is 14.4 Å². The highest BCUT2D eigenvalue weighted by atomic mass is 32.1. The second kappa shape index (κ2) is 6.79. The first kappa shape index (κ1) is 17.3. The summed E-state index contributed by atoms with van der Waals surface area (Å²) in [5.41, 5.74) is 0.113. The van der Waals surface area contributed by atoms with E-state index in [1.165, 1.54) is 0 Å². The first-order chi connectivity index (χ1) is 12.0. The maximum atomic E-state index is 11.1. The third-order valence-corrected chi connectivity index (χ3v) is 4.84. The number of ether oxygens (including phenoxy) is 1. The van der Waals surface area contributed by atoms with Gasteiger partial charge in [-0.15, -0.1) is 12.6 Å². The molecular formula is C19H20N3O2S+. The van der Waals surface area contributed by atoms with Gasteiger partial charge in [0.15, 0.2) is 18.1 Å². The van der Waals surface area contributed by atoms with Crippen LogP contribution in [0.3, 0.4) is 0 Å². The number of benzene rings is 1. The van der Waals surface area contributed by atoms with Crippen LogP contribution in [-0.4, -0.2) is 17.9 Å². The molecule has 0 aliphatic carbocycles. The van der Waals surface area contributed by atoms with E-state index in [9.17, 15) is 10.4 Å². The second-order valence-electron chi connectivity index (χ2n) is 6.16. The number of aliphatic hydroxyl groups is 1. The van der Waals surface area contributed by atoms with Crippen LogP contribution in [0.4, 0.5) is 0 Å². The summed E-state index contributed by atoms with van der Waals surface area (Å²) in [6.45, 7) is 1.69. The van der Waals surface area contributed by atoms with E-state index in [0.717, 1.165) is 11.3 Å². The molecule has 0 bridgehead atoms. The largest absolute Gasteiger partial charge is 0.497 e. The summed E-state index contributed by atoms with van der Waals surface area (Å²) in [7, 11) is 1.61. The normalized spacial score (nSPS) is 25.9. The fourth-order valence-corrected chi connectivity index (χ4v) is 3.77. The Hall–Kier alpha value is -2.49. The summed E-state index contributed by atoms with van der Waals surface area (Å²) < 4.78 is 7.14. The van der Waals surface area contributed by atoms with Crippen molar-refractivity contribution in [2.45, 2.75) is 24.6 Å². The monoisotopic (exact) mass is 354 g/mol. The van der Waals surface area contributed by atoms with Gasteiger partial charge in [-0.25, -0.2) is 0 Å². The van der Waals surface area contributed by atoms with Crippen molar-refractivity contribution in [1.29, 1.82) is 5.26 Å². The van der Waals surface area contributed by atoms with E-state index in [-0.39, 0.29) is 5.92 Å². The SMILES string of the molecule is COc1ccc([C@@H]2C(C#N)=C(S)N[C@@](C)(O)[C@@H]2[n+]2ccccc2)cc1. The van der Waals surface area contributed by atoms with Gasteiger partial charge in [0, 0.05) is 12.1 Å². The second-order valence-corrected chi connectivity index (χ2v) is 6.61. The van der Waals surface area contributed by atoms with E-state index in [1.54, 1.807) is 14.0 Å². The Kier molecular flexibility index (Phi) is 4.71. The minimum Gasteiger partial charge on any atom is -0.497 e. The number of allylic oxidation sites excluding steroid dienone is 1. The number of pyridine rings is 1. The molecule has 1 aliphatic heterocycles. The molecule has 0 saturated heterocycles. The Morgan fingerprint density at radius 3 is 2.44 bits per heavy atom. The summed E-state index contributed by atoms with van der Waals surface area (Å²) in [6, 6.07) is 15.1. The number of hydrogen-bond acceptors (Lipinski definition) is 5. The van der Waals surface area contributed by atoms with Crippen LogP contribution in [0.15, 0.2) is 65.5 Å². The van der Waals surface area contributed by atoms with Crippen LogP contribution in [0.2, 0.25) is 0 Å². The average Bonchev–Trinajstić information content (AvgIpc) is 2.61. The zero-order chi connectivity index (χ0) is 18.0. The van der Waals surface area contributed by atoms with Gasteiger partial charge in [-0.3, -0.25) is 0 Å². The van der Waals surface area contributed by atoms with Crippen LogP contribution in [0, 0.1) is 11.3 Å². The number of nitrogens with zero attached hydrogens (tertiary/aromatic N) is 2. The number of hydrogen-bond donors (Lipinski definition) is 3. The highest BCUT2D eigenvalue weighted by molar-refractivity contribution is 7.84. The summed E-state index contributed by atoms with van der Waals surface area (Å²) in [5, 5.41) is 24.1. The van der Waals surface area contributed by atoms with Crippen molar-refractivity contribution in [3.63, 3.8) is 0 Å². The molecule has 128 valence electrons. The Labute approximate surface area is 152 Å². The molecule has 0 amide bonds. The zero-order valence-corrected chi connectivity index (χ0v) is 14.9. The molecule has 0 radical (unpaired) electrons. The first-order valence-electron chi connectivity index (χ1n) is 7.91. The lowest BCUT2D eigenvalue weighted by Gasteiger charge is -2.39. The van der Waals surface area contributed by atoms with Crippen molar-refractivity contribution in [1.82, 2.24) is 5.32 Å². The number of nitriles is 1. The number of thiol groups is 1. The minimum absolute atomic E-state index is 0.355. The van der Waals surface area contributed by atoms with E-state index < -0.39 is 11.8 Å². The molecular weight excluding hydrogens is 334 g/mol. The van der Waals surface area contributed by atoms with Crippen molar-refractivity contribution in [3.05, 3.63) is 71.0 Å². The lowest BCUT2D eigenvalue weighted by atomic mass is 9.78. The number of nitrogens with one attached hydrogen (secondary N) is 1. The molecule has 0 unspecified atom stereocenters. The molecule has 2 aromatic rings. The van der Waals surface area contributed by atoms with E-state index >= 15 is 0 Å². The number of methoxy groups -OCH3 is 1. The molecule has 0 saturated carbocycles. The first-order valence-corrected chi connectivity index (χ1v) is 8.36. The van der Waals surface area contributed by atoms with Crippen LogP contribution in [0.1, 0.15) is 24.4 Å². The van der Waals surface area contributed by atoms with Gasteiger partial charge < -0.3 is 15.2 Å². The quantitative estimate of drug-likeness (QED) is 0.584. The molecule has 3 atom stereocenters. The smallest absolute Gasteiger partial charge is 0.216 e. The average molecular weight is 354 g/mol. The van der Waals surface area contributed by atoms with Crippen LogP contribution >= 0.6 is 12.6 Å². The molecule has 1 aliphatic rings. The van der Waals surface area contributed by atoms with Crippen LogP contribution < -0.4 is 14.6 Å². The van der Waals surface area contributed by atoms with Gasteiger partial charge in [-0.05, 0) is 24.6 Å². The molecule has 1 aromatic heterocycles. The Morgan fingerprint density at radius 1 is 1.24 bits per heavy atom. The highest BCUT2D eigenvalue weighted by Crippen LogP contribution is 2.43. The van der Waals surface area contributed by atoms with Gasteiger partial charge in [0.05, 0.1) is 29.7 Å². The molecule has 2 N–H and O–H groups in total. The van der Waals surface area contributed by atoms with Gasteiger partial charge in [0.2, 0.25) is 6.04 Å². The lowest BCUT2D eigenvalue weighted by Crippen LogP contribution is -2.62. The molecule has 1 aromatic carbocycles. The summed E-state index contributed by atoms with van der Waals surface area (Å²) in [4.78, 5) is 0.